The molecule has 1 aromatic rings. The summed E-state index contributed by atoms with van der Waals surface area (Å²) in [5.74, 6) is 0.477. The van der Waals surface area contributed by atoms with Crippen LogP contribution >= 0.6 is 0 Å². The van der Waals surface area contributed by atoms with Gasteiger partial charge in [-0.2, -0.15) is 0 Å². The van der Waals surface area contributed by atoms with Gasteiger partial charge in [-0.15, -0.1) is 0 Å². The second-order valence-corrected chi connectivity index (χ2v) is 6.83. The van der Waals surface area contributed by atoms with Gasteiger partial charge >= 0.3 is 6.03 Å². The molecule has 1 aromatic carbocycles. The van der Waals surface area contributed by atoms with E-state index in [0.29, 0.717) is 18.5 Å². The first-order chi connectivity index (χ1) is 12.2. The maximum Gasteiger partial charge on any atom is 0.315 e. The summed E-state index contributed by atoms with van der Waals surface area (Å²) >= 11 is 0. The summed E-state index contributed by atoms with van der Waals surface area (Å²) in [4.78, 5) is 14.8. The van der Waals surface area contributed by atoms with Gasteiger partial charge in [-0.05, 0) is 18.9 Å². The Morgan fingerprint density at radius 2 is 1.96 bits per heavy atom. The molecule has 2 amide bonds. The minimum atomic E-state index is -0.117. The van der Waals surface area contributed by atoms with Gasteiger partial charge in [-0.1, -0.05) is 30.3 Å². The summed E-state index contributed by atoms with van der Waals surface area (Å²) < 4.78 is 11.0. The smallest absolute Gasteiger partial charge is 0.315 e. The summed E-state index contributed by atoms with van der Waals surface area (Å²) in [5, 5.41) is 6.09. The molecule has 3 atom stereocenters. The van der Waals surface area contributed by atoms with Gasteiger partial charge in [0.15, 0.2) is 0 Å². The lowest BCUT2D eigenvalue weighted by Gasteiger charge is -2.37. The summed E-state index contributed by atoms with van der Waals surface area (Å²) in [6.07, 6.45) is 1.06. The number of nitrogens with one attached hydrogen (secondary N) is 2. The van der Waals surface area contributed by atoms with Gasteiger partial charge in [-0.25, -0.2) is 4.79 Å². The van der Waals surface area contributed by atoms with Crippen LogP contribution in [0.25, 0.3) is 0 Å². The maximum absolute atomic E-state index is 12.3. The van der Waals surface area contributed by atoms with Crippen molar-refractivity contribution in [1.82, 2.24) is 15.5 Å². The number of carbonyl (C=O) groups excluding carboxylic acids is 1. The zero-order valence-corrected chi connectivity index (χ0v) is 14.9. The van der Waals surface area contributed by atoms with E-state index in [1.54, 1.807) is 0 Å². The third kappa shape index (κ3) is 5.17. The molecular formula is C19H29N3O3. The van der Waals surface area contributed by atoms with E-state index in [4.69, 9.17) is 9.47 Å². The van der Waals surface area contributed by atoms with E-state index in [2.05, 4.69) is 15.5 Å². The van der Waals surface area contributed by atoms with Gasteiger partial charge < -0.3 is 20.1 Å². The van der Waals surface area contributed by atoms with Crippen LogP contribution < -0.4 is 10.6 Å². The summed E-state index contributed by atoms with van der Waals surface area (Å²) in [5.41, 5.74) is 1.10. The lowest BCUT2D eigenvalue weighted by molar-refractivity contribution is 0.00211. The van der Waals surface area contributed by atoms with Gasteiger partial charge in [0.05, 0.1) is 25.9 Å². The number of benzene rings is 1. The Balaban J connectivity index is 1.52. The first-order valence-electron chi connectivity index (χ1n) is 9.23. The van der Waals surface area contributed by atoms with Gasteiger partial charge in [0, 0.05) is 38.2 Å². The van der Waals surface area contributed by atoms with E-state index in [9.17, 15) is 4.79 Å². The van der Waals surface area contributed by atoms with Crippen LogP contribution in [0, 0.1) is 5.92 Å². The standard InChI is InChI=1S/C19H29N3O3/c1-15(16-5-3-2-4-6-16)21-19(23)20-13-18(17-7-10-25-14-17)22-8-11-24-12-9-22/h2-6,15,17-18H,7-14H2,1H3,(H2,20,21,23). The van der Waals surface area contributed by atoms with Gasteiger partial charge in [-0.3, -0.25) is 4.90 Å². The van der Waals surface area contributed by atoms with Gasteiger partial charge in [0.25, 0.3) is 0 Å². The van der Waals surface area contributed by atoms with Crippen LogP contribution in [0.3, 0.4) is 0 Å². The van der Waals surface area contributed by atoms with Crippen molar-refractivity contribution in [3.05, 3.63) is 35.9 Å². The lowest BCUT2D eigenvalue weighted by atomic mass is 9.97. The molecule has 0 saturated carbocycles. The summed E-state index contributed by atoms with van der Waals surface area (Å²) in [6.45, 7) is 7.62. The molecule has 2 fully saturated rings. The van der Waals surface area contributed by atoms with E-state index < -0.39 is 0 Å². The van der Waals surface area contributed by atoms with E-state index in [-0.39, 0.29) is 12.1 Å². The predicted octanol–water partition coefficient (Wildman–Crippen LogP) is 1.78. The van der Waals surface area contributed by atoms with Crippen LogP contribution in [0.2, 0.25) is 0 Å². The number of urea groups is 1. The number of hydrogen-bond acceptors (Lipinski definition) is 4. The Hall–Kier alpha value is -1.63. The van der Waals surface area contributed by atoms with Crippen LogP contribution in [-0.2, 0) is 9.47 Å². The van der Waals surface area contributed by atoms with Crippen LogP contribution in [0.15, 0.2) is 30.3 Å². The highest BCUT2D eigenvalue weighted by atomic mass is 16.5. The minimum absolute atomic E-state index is 0.0159. The van der Waals surface area contributed by atoms with Crippen molar-refractivity contribution in [3.63, 3.8) is 0 Å². The van der Waals surface area contributed by atoms with Crippen molar-refractivity contribution >= 4 is 6.03 Å². The van der Waals surface area contributed by atoms with Crippen molar-refractivity contribution < 1.29 is 14.3 Å². The Bertz CT molecular complexity index is 528. The summed E-state index contributed by atoms with van der Waals surface area (Å²) in [7, 11) is 0. The highest BCUT2D eigenvalue weighted by Gasteiger charge is 2.31. The molecule has 0 spiro atoms. The number of rotatable bonds is 6. The topological polar surface area (TPSA) is 62.8 Å². The molecule has 0 radical (unpaired) electrons. The maximum atomic E-state index is 12.3. The average Bonchev–Trinajstić information content (AvgIpc) is 3.18. The molecule has 2 N–H and O–H groups in total. The molecule has 2 heterocycles. The highest BCUT2D eigenvalue weighted by molar-refractivity contribution is 5.74. The number of nitrogens with zero attached hydrogens (tertiary/aromatic N) is 1. The Kier molecular flexibility index (Phi) is 6.67. The van der Waals surface area contributed by atoms with Gasteiger partial charge in [0.1, 0.15) is 0 Å². The molecular weight excluding hydrogens is 318 g/mol. The molecule has 6 heteroatoms. The van der Waals surface area contributed by atoms with Crippen molar-refractivity contribution in [1.29, 1.82) is 0 Å². The molecule has 138 valence electrons. The molecule has 0 bridgehead atoms. The number of ether oxygens (including phenoxy) is 2. The molecule has 0 aliphatic carbocycles. The second-order valence-electron chi connectivity index (χ2n) is 6.83. The first kappa shape index (κ1) is 18.2. The largest absolute Gasteiger partial charge is 0.381 e. The Labute approximate surface area is 149 Å². The number of amides is 2. The Morgan fingerprint density at radius 1 is 1.20 bits per heavy atom. The number of morpholine rings is 1. The fourth-order valence-electron chi connectivity index (χ4n) is 3.63. The molecule has 2 saturated heterocycles. The van der Waals surface area contributed by atoms with Crippen LogP contribution in [-0.4, -0.2) is 63.0 Å². The molecule has 2 aliphatic heterocycles. The molecule has 0 aromatic heterocycles. The van der Waals surface area contributed by atoms with Crippen molar-refractivity contribution in [3.8, 4) is 0 Å². The average molecular weight is 347 g/mol. The number of hydrogen-bond donors (Lipinski definition) is 2. The van der Waals surface area contributed by atoms with E-state index >= 15 is 0 Å². The molecule has 6 nitrogen and oxygen atoms in total. The monoisotopic (exact) mass is 347 g/mol. The van der Waals surface area contributed by atoms with Crippen LogP contribution in [0.5, 0.6) is 0 Å². The van der Waals surface area contributed by atoms with E-state index in [0.717, 1.165) is 51.5 Å². The van der Waals surface area contributed by atoms with E-state index in [1.165, 1.54) is 0 Å². The lowest BCUT2D eigenvalue weighted by Crippen LogP contribution is -2.53. The quantitative estimate of drug-likeness (QED) is 0.823. The molecule has 2 aliphatic rings. The van der Waals surface area contributed by atoms with Gasteiger partial charge in [0.2, 0.25) is 0 Å². The zero-order valence-electron chi connectivity index (χ0n) is 14.9. The number of carbonyl (C=O) groups is 1. The minimum Gasteiger partial charge on any atom is -0.381 e. The Morgan fingerprint density at radius 3 is 2.64 bits per heavy atom. The first-order valence-corrected chi connectivity index (χ1v) is 9.23. The van der Waals surface area contributed by atoms with Crippen molar-refractivity contribution in [2.24, 2.45) is 5.92 Å². The predicted molar refractivity (Wildman–Crippen MR) is 96.5 cm³/mol. The van der Waals surface area contributed by atoms with E-state index in [1.807, 2.05) is 37.3 Å². The molecule has 3 rings (SSSR count). The fraction of sp³-hybridized carbons (Fsp3) is 0.632. The molecule has 25 heavy (non-hydrogen) atoms. The third-order valence-electron chi connectivity index (χ3n) is 5.14. The highest BCUT2D eigenvalue weighted by Crippen LogP contribution is 2.22. The third-order valence-corrected chi connectivity index (χ3v) is 5.14. The SMILES string of the molecule is CC(NC(=O)NCC(C1CCOC1)N1CCOCC1)c1ccccc1. The summed E-state index contributed by atoms with van der Waals surface area (Å²) in [6, 6.07) is 10.2. The van der Waals surface area contributed by atoms with Crippen molar-refractivity contribution in [2.45, 2.75) is 25.4 Å². The second kappa shape index (κ2) is 9.17. The normalized spacial score (nSPS) is 23.8. The molecule has 3 unspecified atom stereocenters. The van der Waals surface area contributed by atoms with Crippen molar-refractivity contribution in [2.75, 3.05) is 46.1 Å². The van der Waals surface area contributed by atoms with Crippen LogP contribution in [0.4, 0.5) is 4.79 Å². The fourth-order valence-corrected chi connectivity index (χ4v) is 3.63. The zero-order chi connectivity index (χ0) is 17.5. The van der Waals surface area contributed by atoms with Crippen LogP contribution in [0.1, 0.15) is 24.9 Å².